The molecule has 4 heterocycles. The summed E-state index contributed by atoms with van der Waals surface area (Å²) in [5.74, 6) is 1.39. The van der Waals surface area contributed by atoms with Crippen LogP contribution in [0.2, 0.25) is 0 Å². The molecule has 0 spiro atoms. The van der Waals surface area contributed by atoms with E-state index >= 15 is 0 Å². The van der Waals surface area contributed by atoms with E-state index in [1.807, 2.05) is 0 Å². The molecule has 0 aliphatic carbocycles. The van der Waals surface area contributed by atoms with Crippen LogP contribution >= 0.6 is 0 Å². The molecule has 0 N–H and O–H groups in total. The van der Waals surface area contributed by atoms with E-state index in [9.17, 15) is 0 Å². The van der Waals surface area contributed by atoms with E-state index in [0.29, 0.717) is 12.5 Å². The van der Waals surface area contributed by atoms with Crippen LogP contribution in [0, 0.1) is 0 Å². The van der Waals surface area contributed by atoms with Gasteiger partial charge in [0.1, 0.15) is 6.61 Å². The summed E-state index contributed by atoms with van der Waals surface area (Å²) >= 11 is 0. The lowest BCUT2D eigenvalue weighted by Crippen LogP contribution is -2.57. The highest BCUT2D eigenvalue weighted by molar-refractivity contribution is 5.01. The van der Waals surface area contributed by atoms with Gasteiger partial charge >= 0.3 is 0 Å². The minimum absolute atomic E-state index is 0.145. The van der Waals surface area contributed by atoms with E-state index in [-0.39, 0.29) is 11.6 Å². The van der Waals surface area contributed by atoms with Crippen molar-refractivity contribution in [2.75, 3.05) is 32.7 Å². The number of fused-ring (bicyclic) bond motifs is 3. The van der Waals surface area contributed by atoms with Crippen molar-refractivity contribution in [2.45, 2.75) is 45.4 Å². The van der Waals surface area contributed by atoms with Crippen molar-refractivity contribution < 1.29 is 9.26 Å². The number of nitrogens with zero attached hydrogens (tertiary/aromatic N) is 4. The Kier molecular flexibility index (Phi) is 3.79. The fraction of sp³-hybridized carbons (Fsp3) is 0.857. The van der Waals surface area contributed by atoms with Gasteiger partial charge in [0.05, 0.1) is 11.6 Å². The van der Waals surface area contributed by atoms with Gasteiger partial charge in [-0.25, -0.2) is 0 Å². The average Bonchev–Trinajstić information content (AvgIpc) is 2.95. The Morgan fingerprint density at radius 1 is 1.30 bits per heavy atom. The number of hydrogen-bond donors (Lipinski definition) is 0. The largest absolute Gasteiger partial charge is 0.366 e. The molecule has 3 aliphatic heterocycles. The second-order valence-electron chi connectivity index (χ2n) is 6.30. The first-order valence-electron chi connectivity index (χ1n) is 7.50. The van der Waals surface area contributed by atoms with Crippen LogP contribution < -0.4 is 0 Å². The van der Waals surface area contributed by atoms with Crippen molar-refractivity contribution in [3.8, 4) is 0 Å². The van der Waals surface area contributed by atoms with Gasteiger partial charge in [-0.3, -0.25) is 9.80 Å². The number of aromatic nitrogens is 2. The molecule has 3 aliphatic rings. The Hall–Kier alpha value is -0.980. The van der Waals surface area contributed by atoms with Crippen molar-refractivity contribution >= 4 is 0 Å². The summed E-state index contributed by atoms with van der Waals surface area (Å²) in [6, 6.07) is 0.286. The van der Waals surface area contributed by atoms with Gasteiger partial charge in [-0.1, -0.05) is 12.1 Å². The standard InChI is InChI=1S/C14H24N4O2/c1-4-14(2,3)19-10-12-15-13(16-20-12)11-9-17-5-7-18(11)8-6-17/h11H,4-10H2,1-3H3. The van der Waals surface area contributed by atoms with Gasteiger partial charge in [0.15, 0.2) is 5.82 Å². The molecule has 1 unspecified atom stereocenters. The van der Waals surface area contributed by atoms with Crippen molar-refractivity contribution in [3.63, 3.8) is 0 Å². The first kappa shape index (κ1) is 14.0. The van der Waals surface area contributed by atoms with Gasteiger partial charge in [-0.2, -0.15) is 4.98 Å². The number of ether oxygens (including phenoxy) is 1. The van der Waals surface area contributed by atoms with Gasteiger partial charge in [0, 0.05) is 32.7 Å². The first-order chi connectivity index (χ1) is 9.57. The van der Waals surface area contributed by atoms with Crippen LogP contribution in [-0.2, 0) is 11.3 Å². The maximum Gasteiger partial charge on any atom is 0.252 e. The van der Waals surface area contributed by atoms with Gasteiger partial charge in [-0.15, -0.1) is 0 Å². The second-order valence-corrected chi connectivity index (χ2v) is 6.30. The van der Waals surface area contributed by atoms with E-state index in [2.05, 4.69) is 40.7 Å². The SMILES string of the molecule is CCC(C)(C)OCc1nc(C2CN3CCN2CC3)no1. The molecule has 4 rings (SSSR count). The molecule has 0 radical (unpaired) electrons. The van der Waals surface area contributed by atoms with Crippen LogP contribution in [0.5, 0.6) is 0 Å². The molecular weight excluding hydrogens is 256 g/mol. The van der Waals surface area contributed by atoms with Gasteiger partial charge in [0.25, 0.3) is 5.89 Å². The molecule has 2 bridgehead atoms. The Balaban J connectivity index is 1.62. The van der Waals surface area contributed by atoms with Crippen molar-refractivity contribution in [1.29, 1.82) is 0 Å². The molecule has 0 aromatic carbocycles. The maximum absolute atomic E-state index is 5.81. The van der Waals surface area contributed by atoms with Crippen LogP contribution in [0.1, 0.15) is 44.9 Å². The van der Waals surface area contributed by atoms with E-state index in [4.69, 9.17) is 9.26 Å². The second kappa shape index (κ2) is 5.42. The lowest BCUT2D eigenvalue weighted by molar-refractivity contribution is -0.0416. The van der Waals surface area contributed by atoms with Crippen LogP contribution in [-0.4, -0.2) is 58.3 Å². The normalized spacial score (nSPS) is 29.9. The third kappa shape index (κ3) is 2.87. The number of rotatable bonds is 5. The van der Waals surface area contributed by atoms with Gasteiger partial charge in [-0.05, 0) is 20.3 Å². The summed E-state index contributed by atoms with van der Waals surface area (Å²) < 4.78 is 11.1. The minimum Gasteiger partial charge on any atom is -0.366 e. The molecule has 0 saturated carbocycles. The smallest absolute Gasteiger partial charge is 0.252 e. The molecular formula is C14H24N4O2. The highest BCUT2D eigenvalue weighted by Gasteiger charge is 2.35. The Labute approximate surface area is 120 Å². The number of piperazine rings is 3. The zero-order valence-corrected chi connectivity index (χ0v) is 12.6. The van der Waals surface area contributed by atoms with Crippen LogP contribution in [0.25, 0.3) is 0 Å². The Morgan fingerprint density at radius 3 is 2.65 bits per heavy atom. The Bertz CT molecular complexity index is 452. The quantitative estimate of drug-likeness (QED) is 0.813. The van der Waals surface area contributed by atoms with Crippen LogP contribution in [0.3, 0.4) is 0 Å². The highest BCUT2D eigenvalue weighted by Crippen LogP contribution is 2.27. The topological polar surface area (TPSA) is 54.6 Å². The summed E-state index contributed by atoms with van der Waals surface area (Å²) in [4.78, 5) is 9.44. The lowest BCUT2D eigenvalue weighted by atomic mass is 10.1. The number of hydrogen-bond acceptors (Lipinski definition) is 6. The van der Waals surface area contributed by atoms with Crippen molar-refractivity contribution in [3.05, 3.63) is 11.7 Å². The zero-order chi connectivity index (χ0) is 14.2. The molecule has 6 nitrogen and oxygen atoms in total. The van der Waals surface area contributed by atoms with E-state index in [1.54, 1.807) is 0 Å². The summed E-state index contributed by atoms with van der Waals surface area (Å²) in [6.45, 7) is 12.2. The summed E-state index contributed by atoms with van der Waals surface area (Å²) in [7, 11) is 0. The molecule has 6 heteroatoms. The maximum atomic E-state index is 5.81. The highest BCUT2D eigenvalue weighted by atomic mass is 16.5. The molecule has 0 amide bonds. The van der Waals surface area contributed by atoms with Gasteiger partial charge in [0.2, 0.25) is 0 Å². The predicted molar refractivity (Wildman–Crippen MR) is 74.2 cm³/mol. The monoisotopic (exact) mass is 280 g/mol. The minimum atomic E-state index is -0.145. The third-order valence-electron chi connectivity index (χ3n) is 4.50. The molecule has 20 heavy (non-hydrogen) atoms. The molecule has 1 aromatic rings. The first-order valence-corrected chi connectivity index (χ1v) is 7.50. The third-order valence-corrected chi connectivity index (χ3v) is 4.50. The summed E-state index contributed by atoms with van der Waals surface area (Å²) in [6.07, 6.45) is 0.958. The van der Waals surface area contributed by atoms with Crippen molar-refractivity contribution in [1.82, 2.24) is 19.9 Å². The van der Waals surface area contributed by atoms with E-state index in [0.717, 1.165) is 45.0 Å². The Morgan fingerprint density at radius 2 is 2.05 bits per heavy atom. The molecule has 3 fully saturated rings. The summed E-state index contributed by atoms with van der Waals surface area (Å²) in [5, 5.41) is 4.15. The van der Waals surface area contributed by atoms with E-state index in [1.165, 1.54) is 0 Å². The van der Waals surface area contributed by atoms with Crippen LogP contribution in [0.15, 0.2) is 4.52 Å². The molecule has 1 aromatic heterocycles. The van der Waals surface area contributed by atoms with Crippen molar-refractivity contribution in [2.24, 2.45) is 0 Å². The molecule has 1 atom stereocenters. The fourth-order valence-electron chi connectivity index (χ4n) is 2.68. The lowest BCUT2D eigenvalue weighted by Gasteiger charge is -2.46. The predicted octanol–water partition coefficient (Wildman–Crippen LogP) is 1.45. The average molecular weight is 280 g/mol. The van der Waals surface area contributed by atoms with Crippen LogP contribution in [0.4, 0.5) is 0 Å². The zero-order valence-electron chi connectivity index (χ0n) is 12.6. The molecule has 3 saturated heterocycles. The summed E-state index contributed by atoms with van der Waals surface area (Å²) in [5.41, 5.74) is -0.145. The van der Waals surface area contributed by atoms with E-state index < -0.39 is 0 Å². The van der Waals surface area contributed by atoms with Gasteiger partial charge < -0.3 is 9.26 Å². The fourth-order valence-corrected chi connectivity index (χ4v) is 2.68. The molecule has 112 valence electrons.